The first kappa shape index (κ1) is 23.3. The Hall–Kier alpha value is -4.47. The number of amides is 1. The van der Waals surface area contributed by atoms with E-state index in [-0.39, 0.29) is 24.2 Å². The molecule has 3 heterocycles. The number of methoxy groups -OCH3 is 2. The number of ether oxygens (including phenoxy) is 3. The van der Waals surface area contributed by atoms with Crippen LogP contribution in [0.15, 0.2) is 48.7 Å². The van der Waals surface area contributed by atoms with Gasteiger partial charge in [0, 0.05) is 23.5 Å². The van der Waals surface area contributed by atoms with Gasteiger partial charge in [-0.3, -0.25) is 4.79 Å². The molecule has 0 radical (unpaired) electrons. The summed E-state index contributed by atoms with van der Waals surface area (Å²) in [4.78, 5) is 17.5. The zero-order valence-electron chi connectivity index (χ0n) is 20.5. The highest BCUT2D eigenvalue weighted by Crippen LogP contribution is 2.42. The van der Waals surface area contributed by atoms with Gasteiger partial charge in [0.05, 0.1) is 38.4 Å². The number of hydrogen-bond donors (Lipinski definition) is 1. The summed E-state index contributed by atoms with van der Waals surface area (Å²) in [6.07, 6.45) is 1.86. The fraction of sp³-hybridized carbons (Fsp3) is 0.269. The van der Waals surface area contributed by atoms with Crippen molar-refractivity contribution in [2.45, 2.75) is 26.2 Å². The standard InChI is InChI=1S/C26H26N6O4/c1-5-36-21-10-9-16(12-22(21)35-4)19-13-23(33)29-25-24(19)15(2)31-32(25)26-28-20(14-27-30-26)17-7-6-8-18(11-17)34-3/h6-12,14,19H,5,13H2,1-4H3,(H,29,33)/t19-/m1/s1. The molecule has 2 aromatic heterocycles. The lowest BCUT2D eigenvalue weighted by molar-refractivity contribution is -0.116. The fourth-order valence-corrected chi connectivity index (χ4v) is 4.46. The van der Waals surface area contributed by atoms with E-state index in [9.17, 15) is 4.79 Å². The number of rotatable bonds is 7. The van der Waals surface area contributed by atoms with Crippen LogP contribution >= 0.6 is 0 Å². The molecule has 1 aliphatic heterocycles. The number of aryl methyl sites for hydroxylation is 1. The first-order chi connectivity index (χ1) is 17.5. The molecule has 4 aromatic rings. The van der Waals surface area contributed by atoms with Crippen LogP contribution in [0.5, 0.6) is 17.2 Å². The maximum absolute atomic E-state index is 12.8. The highest BCUT2D eigenvalue weighted by Gasteiger charge is 2.33. The Kier molecular flexibility index (Phi) is 6.24. The summed E-state index contributed by atoms with van der Waals surface area (Å²) in [5.41, 5.74) is 4.02. The summed E-state index contributed by atoms with van der Waals surface area (Å²) in [6, 6.07) is 13.3. The second kappa shape index (κ2) is 9.65. The monoisotopic (exact) mass is 486 g/mol. The number of carbonyl (C=O) groups is 1. The Morgan fingerprint density at radius 2 is 1.97 bits per heavy atom. The third kappa shape index (κ3) is 4.21. The molecule has 0 unspecified atom stereocenters. The first-order valence-electron chi connectivity index (χ1n) is 11.6. The largest absolute Gasteiger partial charge is 0.497 e. The highest BCUT2D eigenvalue weighted by molar-refractivity contribution is 5.95. The molecule has 36 heavy (non-hydrogen) atoms. The molecule has 5 rings (SSSR count). The average molecular weight is 487 g/mol. The maximum atomic E-state index is 12.8. The van der Waals surface area contributed by atoms with Crippen LogP contribution < -0.4 is 19.5 Å². The summed E-state index contributed by atoms with van der Waals surface area (Å²) in [5.74, 6) is 2.42. The van der Waals surface area contributed by atoms with E-state index in [2.05, 4.69) is 25.6 Å². The lowest BCUT2D eigenvalue weighted by Gasteiger charge is -2.24. The summed E-state index contributed by atoms with van der Waals surface area (Å²) in [7, 11) is 3.21. The van der Waals surface area contributed by atoms with E-state index in [4.69, 9.17) is 14.2 Å². The maximum Gasteiger partial charge on any atom is 0.272 e. The molecule has 0 spiro atoms. The number of carbonyl (C=O) groups excluding carboxylic acids is 1. The molecule has 1 atom stereocenters. The first-order valence-corrected chi connectivity index (χ1v) is 11.6. The SMILES string of the molecule is CCOc1ccc([C@H]2CC(=O)Nc3c2c(C)nn3-c2nncc(-c3cccc(OC)c3)n2)cc1OC. The molecular weight excluding hydrogens is 460 g/mol. The van der Waals surface area contributed by atoms with Gasteiger partial charge in [-0.25, -0.2) is 4.98 Å². The van der Waals surface area contributed by atoms with E-state index in [1.165, 1.54) is 4.68 Å². The van der Waals surface area contributed by atoms with E-state index >= 15 is 0 Å². The van der Waals surface area contributed by atoms with Crippen molar-refractivity contribution in [3.8, 4) is 34.5 Å². The minimum absolute atomic E-state index is 0.126. The van der Waals surface area contributed by atoms with Crippen LogP contribution in [0.4, 0.5) is 5.82 Å². The smallest absolute Gasteiger partial charge is 0.272 e. The molecule has 184 valence electrons. The zero-order chi connectivity index (χ0) is 25.2. The van der Waals surface area contributed by atoms with Crippen molar-refractivity contribution in [1.29, 1.82) is 0 Å². The van der Waals surface area contributed by atoms with Gasteiger partial charge >= 0.3 is 0 Å². The average Bonchev–Trinajstić information content (AvgIpc) is 3.24. The van der Waals surface area contributed by atoms with E-state index in [1.807, 2.05) is 56.3 Å². The Balaban J connectivity index is 1.58. The second-order valence-electron chi connectivity index (χ2n) is 8.28. The highest BCUT2D eigenvalue weighted by atomic mass is 16.5. The predicted molar refractivity (Wildman–Crippen MR) is 133 cm³/mol. The van der Waals surface area contributed by atoms with Gasteiger partial charge in [0.15, 0.2) is 11.5 Å². The summed E-state index contributed by atoms with van der Waals surface area (Å²) in [6.45, 7) is 4.36. The third-order valence-electron chi connectivity index (χ3n) is 6.10. The van der Waals surface area contributed by atoms with Crippen molar-refractivity contribution in [3.63, 3.8) is 0 Å². The van der Waals surface area contributed by atoms with Crippen LogP contribution in [0.1, 0.15) is 36.1 Å². The number of nitrogens with one attached hydrogen (secondary N) is 1. The molecule has 0 saturated carbocycles. The van der Waals surface area contributed by atoms with Gasteiger partial charge in [-0.05, 0) is 43.7 Å². The van der Waals surface area contributed by atoms with E-state index < -0.39 is 0 Å². The number of hydrogen-bond acceptors (Lipinski definition) is 8. The number of anilines is 1. The molecule has 10 heteroatoms. The van der Waals surface area contributed by atoms with Gasteiger partial charge in [-0.1, -0.05) is 18.2 Å². The molecule has 2 aromatic carbocycles. The summed E-state index contributed by atoms with van der Waals surface area (Å²) in [5, 5.41) is 16.0. The number of fused-ring (bicyclic) bond motifs is 1. The van der Waals surface area contributed by atoms with Crippen molar-refractivity contribution in [3.05, 3.63) is 65.5 Å². The summed E-state index contributed by atoms with van der Waals surface area (Å²) >= 11 is 0. The van der Waals surface area contributed by atoms with Crippen molar-refractivity contribution in [2.24, 2.45) is 0 Å². The van der Waals surface area contributed by atoms with Crippen molar-refractivity contribution >= 4 is 11.7 Å². The fourth-order valence-electron chi connectivity index (χ4n) is 4.46. The van der Waals surface area contributed by atoms with Gasteiger partial charge < -0.3 is 19.5 Å². The van der Waals surface area contributed by atoms with Crippen molar-refractivity contribution in [1.82, 2.24) is 25.0 Å². The molecule has 10 nitrogen and oxygen atoms in total. The lowest BCUT2D eigenvalue weighted by Crippen LogP contribution is -2.25. The predicted octanol–water partition coefficient (Wildman–Crippen LogP) is 3.92. The van der Waals surface area contributed by atoms with E-state index in [1.54, 1.807) is 20.4 Å². The second-order valence-corrected chi connectivity index (χ2v) is 8.28. The van der Waals surface area contributed by atoms with Crippen molar-refractivity contribution < 1.29 is 19.0 Å². The molecule has 0 bridgehead atoms. The van der Waals surface area contributed by atoms with Crippen LogP contribution in [0.3, 0.4) is 0 Å². The molecular formula is C26H26N6O4. The van der Waals surface area contributed by atoms with Crippen molar-refractivity contribution in [2.75, 3.05) is 26.1 Å². The Labute approximate surface area is 208 Å². The Morgan fingerprint density at radius 1 is 1.11 bits per heavy atom. The van der Waals surface area contributed by atoms with Crippen LogP contribution in [-0.2, 0) is 4.79 Å². The normalized spacial score (nSPS) is 14.7. The Morgan fingerprint density at radius 3 is 2.75 bits per heavy atom. The van der Waals surface area contributed by atoms with Crippen LogP contribution in [-0.4, -0.2) is 51.7 Å². The minimum atomic E-state index is -0.221. The van der Waals surface area contributed by atoms with Gasteiger partial charge in [-0.15, -0.1) is 5.10 Å². The number of nitrogens with zero attached hydrogens (tertiary/aromatic N) is 5. The van der Waals surface area contributed by atoms with Gasteiger partial charge in [0.1, 0.15) is 11.6 Å². The quantitative estimate of drug-likeness (QED) is 0.418. The van der Waals surface area contributed by atoms with Crippen LogP contribution in [0.2, 0.25) is 0 Å². The van der Waals surface area contributed by atoms with Gasteiger partial charge in [-0.2, -0.15) is 14.9 Å². The molecule has 1 aliphatic rings. The molecule has 0 aliphatic carbocycles. The van der Waals surface area contributed by atoms with Gasteiger partial charge in [0.25, 0.3) is 5.95 Å². The Bertz CT molecular complexity index is 1430. The number of benzene rings is 2. The molecule has 0 saturated heterocycles. The zero-order valence-corrected chi connectivity index (χ0v) is 20.5. The van der Waals surface area contributed by atoms with E-state index in [0.29, 0.717) is 35.4 Å². The molecule has 0 fully saturated rings. The minimum Gasteiger partial charge on any atom is -0.497 e. The third-order valence-corrected chi connectivity index (χ3v) is 6.10. The topological polar surface area (TPSA) is 113 Å². The van der Waals surface area contributed by atoms with Crippen LogP contribution in [0, 0.1) is 6.92 Å². The van der Waals surface area contributed by atoms with E-state index in [0.717, 1.165) is 22.4 Å². The lowest BCUT2D eigenvalue weighted by atomic mass is 9.85. The summed E-state index contributed by atoms with van der Waals surface area (Å²) < 4.78 is 18.1. The van der Waals surface area contributed by atoms with Crippen LogP contribution in [0.25, 0.3) is 17.2 Å². The molecule has 1 amide bonds. The van der Waals surface area contributed by atoms with Gasteiger partial charge in [0.2, 0.25) is 5.91 Å². The molecule has 1 N–H and O–H groups in total. The number of aromatic nitrogens is 5.